The maximum Gasteiger partial charge on any atom is 0.111 e. The van der Waals surface area contributed by atoms with Gasteiger partial charge in [-0.05, 0) is 26.0 Å². The normalized spacial score (nSPS) is 12.9. The first kappa shape index (κ1) is 12.7. The first-order chi connectivity index (χ1) is 9.24. The monoisotopic (exact) mass is 289 g/mol. The molecule has 0 amide bonds. The Hall–Kier alpha value is -1.30. The zero-order valence-electron chi connectivity index (χ0n) is 10.9. The van der Waals surface area contributed by atoms with Crippen LogP contribution in [0.2, 0.25) is 0 Å². The molecule has 2 heterocycles. The number of aromatic nitrogens is 2. The van der Waals surface area contributed by atoms with Gasteiger partial charge in [0.15, 0.2) is 0 Å². The Morgan fingerprint density at radius 2 is 2.16 bits per heavy atom. The number of aryl methyl sites for hydroxylation is 1. The lowest BCUT2D eigenvalue weighted by molar-refractivity contribution is 0.575. The molecular weight excluding hydrogens is 274 g/mol. The van der Waals surface area contributed by atoms with Gasteiger partial charge in [-0.3, -0.25) is 0 Å². The number of nitrogens with zero attached hydrogens (tertiary/aromatic N) is 2. The second-order valence-electron chi connectivity index (χ2n) is 4.48. The van der Waals surface area contributed by atoms with Crippen molar-refractivity contribution in [2.45, 2.75) is 26.4 Å². The van der Waals surface area contributed by atoms with Gasteiger partial charge in [-0.25, -0.2) is 9.97 Å². The minimum Gasteiger partial charge on any atom is -0.303 e. The van der Waals surface area contributed by atoms with Crippen LogP contribution in [0, 0.1) is 6.92 Å². The maximum atomic E-state index is 4.68. The highest BCUT2D eigenvalue weighted by atomic mass is 32.1. The quantitative estimate of drug-likeness (QED) is 0.791. The zero-order chi connectivity index (χ0) is 13.2. The molecule has 0 bridgehead atoms. The third kappa shape index (κ3) is 2.68. The molecule has 3 aromatic rings. The summed E-state index contributed by atoms with van der Waals surface area (Å²) in [6.45, 7) is 5.07. The van der Waals surface area contributed by atoms with Crippen molar-refractivity contribution in [3.05, 3.63) is 45.4 Å². The number of rotatable bonds is 4. The predicted molar refractivity (Wildman–Crippen MR) is 81.7 cm³/mol. The molecule has 1 unspecified atom stereocenters. The minimum absolute atomic E-state index is 0.263. The lowest BCUT2D eigenvalue weighted by atomic mass is 10.3. The fourth-order valence-corrected chi connectivity index (χ4v) is 3.63. The summed E-state index contributed by atoms with van der Waals surface area (Å²) in [6, 6.07) is 8.54. The molecule has 2 aromatic heterocycles. The number of hydrogen-bond donors (Lipinski definition) is 1. The summed E-state index contributed by atoms with van der Waals surface area (Å²) in [6.07, 6.45) is 0. The van der Waals surface area contributed by atoms with Crippen LogP contribution in [0.5, 0.6) is 0 Å². The van der Waals surface area contributed by atoms with Gasteiger partial charge in [-0.2, -0.15) is 0 Å². The maximum absolute atomic E-state index is 4.68. The standard InChI is InChI=1S/C14H15N3S2/c1-9-13(18-8-16-9)7-15-10(2)14-17-11-5-3-4-6-12(11)19-14/h3-6,8,10,15H,7H2,1-2H3. The van der Waals surface area contributed by atoms with Crippen molar-refractivity contribution >= 4 is 32.9 Å². The third-order valence-corrected chi connectivity index (χ3v) is 5.25. The van der Waals surface area contributed by atoms with E-state index in [0.29, 0.717) is 0 Å². The largest absolute Gasteiger partial charge is 0.303 e. The van der Waals surface area contributed by atoms with E-state index in [1.54, 1.807) is 22.7 Å². The summed E-state index contributed by atoms with van der Waals surface area (Å²) < 4.78 is 1.25. The van der Waals surface area contributed by atoms with Gasteiger partial charge in [0.25, 0.3) is 0 Å². The number of fused-ring (bicyclic) bond motifs is 1. The van der Waals surface area contributed by atoms with Crippen molar-refractivity contribution in [2.24, 2.45) is 0 Å². The van der Waals surface area contributed by atoms with E-state index in [9.17, 15) is 0 Å². The lowest BCUT2D eigenvalue weighted by Crippen LogP contribution is -2.17. The lowest BCUT2D eigenvalue weighted by Gasteiger charge is -2.09. The molecule has 3 rings (SSSR count). The van der Waals surface area contributed by atoms with Crippen molar-refractivity contribution in [3.63, 3.8) is 0 Å². The Labute approximate surface area is 120 Å². The van der Waals surface area contributed by atoms with E-state index >= 15 is 0 Å². The topological polar surface area (TPSA) is 37.8 Å². The highest BCUT2D eigenvalue weighted by Gasteiger charge is 2.11. The van der Waals surface area contributed by atoms with Crippen molar-refractivity contribution in [1.29, 1.82) is 0 Å². The molecule has 0 radical (unpaired) electrons. The Morgan fingerprint density at radius 1 is 1.32 bits per heavy atom. The molecule has 0 aliphatic carbocycles. The molecule has 0 aliphatic rings. The second kappa shape index (κ2) is 5.36. The van der Waals surface area contributed by atoms with Crippen LogP contribution in [0.15, 0.2) is 29.8 Å². The molecule has 1 N–H and O–H groups in total. The van der Waals surface area contributed by atoms with E-state index in [2.05, 4.69) is 47.3 Å². The molecule has 1 aromatic carbocycles. The Morgan fingerprint density at radius 3 is 2.89 bits per heavy atom. The molecule has 5 heteroatoms. The Kier molecular flexibility index (Phi) is 3.59. The molecule has 0 aliphatic heterocycles. The van der Waals surface area contributed by atoms with Gasteiger partial charge in [0.2, 0.25) is 0 Å². The third-order valence-electron chi connectivity index (χ3n) is 3.09. The molecule has 0 saturated heterocycles. The van der Waals surface area contributed by atoms with Gasteiger partial charge in [0, 0.05) is 11.4 Å². The van der Waals surface area contributed by atoms with Gasteiger partial charge in [0.05, 0.1) is 27.5 Å². The summed E-state index contributed by atoms with van der Waals surface area (Å²) in [5.74, 6) is 0. The van der Waals surface area contributed by atoms with Crippen LogP contribution in [0.4, 0.5) is 0 Å². The van der Waals surface area contributed by atoms with E-state index < -0.39 is 0 Å². The van der Waals surface area contributed by atoms with Crippen LogP contribution < -0.4 is 5.32 Å². The predicted octanol–water partition coefficient (Wildman–Crippen LogP) is 3.91. The van der Waals surface area contributed by atoms with Crippen LogP contribution in [0.3, 0.4) is 0 Å². The highest BCUT2D eigenvalue weighted by Crippen LogP contribution is 2.26. The van der Waals surface area contributed by atoms with E-state index in [0.717, 1.165) is 22.8 Å². The molecule has 1 atom stereocenters. The molecule has 3 nitrogen and oxygen atoms in total. The molecule has 0 fully saturated rings. The summed E-state index contributed by atoms with van der Waals surface area (Å²) in [5.41, 5.74) is 4.11. The molecule has 19 heavy (non-hydrogen) atoms. The number of hydrogen-bond acceptors (Lipinski definition) is 5. The summed E-state index contributed by atoms with van der Waals surface area (Å²) >= 11 is 3.46. The van der Waals surface area contributed by atoms with Crippen molar-refractivity contribution in [3.8, 4) is 0 Å². The van der Waals surface area contributed by atoms with Gasteiger partial charge in [-0.15, -0.1) is 22.7 Å². The zero-order valence-corrected chi connectivity index (χ0v) is 12.5. The number of nitrogens with one attached hydrogen (secondary N) is 1. The molecule has 98 valence electrons. The first-order valence-corrected chi connectivity index (χ1v) is 7.91. The van der Waals surface area contributed by atoms with Crippen molar-refractivity contribution < 1.29 is 0 Å². The highest BCUT2D eigenvalue weighted by molar-refractivity contribution is 7.18. The summed E-state index contributed by atoms with van der Waals surface area (Å²) in [4.78, 5) is 10.2. The van der Waals surface area contributed by atoms with Gasteiger partial charge >= 0.3 is 0 Å². The summed E-state index contributed by atoms with van der Waals surface area (Å²) in [7, 11) is 0. The van der Waals surface area contributed by atoms with Crippen LogP contribution in [-0.2, 0) is 6.54 Å². The number of para-hydroxylation sites is 1. The Bertz CT molecular complexity index is 654. The molecule has 0 saturated carbocycles. The van der Waals surface area contributed by atoms with E-state index in [4.69, 9.17) is 0 Å². The second-order valence-corrected chi connectivity index (χ2v) is 6.48. The van der Waals surface area contributed by atoms with Gasteiger partial charge in [-0.1, -0.05) is 12.1 Å². The van der Waals surface area contributed by atoms with E-state index in [1.165, 1.54) is 9.58 Å². The molecular formula is C14H15N3S2. The SMILES string of the molecule is Cc1ncsc1CNC(C)c1nc2ccccc2s1. The number of benzene rings is 1. The van der Waals surface area contributed by atoms with Gasteiger partial charge < -0.3 is 5.32 Å². The van der Waals surface area contributed by atoms with E-state index in [1.807, 2.05) is 11.6 Å². The van der Waals surface area contributed by atoms with Crippen molar-refractivity contribution in [2.75, 3.05) is 0 Å². The number of thiazole rings is 2. The average molecular weight is 289 g/mol. The minimum atomic E-state index is 0.263. The summed E-state index contributed by atoms with van der Waals surface area (Å²) in [5, 5.41) is 4.66. The van der Waals surface area contributed by atoms with Crippen LogP contribution >= 0.6 is 22.7 Å². The van der Waals surface area contributed by atoms with E-state index in [-0.39, 0.29) is 6.04 Å². The first-order valence-electron chi connectivity index (χ1n) is 6.22. The fourth-order valence-electron chi connectivity index (χ4n) is 1.90. The molecule has 0 spiro atoms. The smallest absolute Gasteiger partial charge is 0.111 e. The van der Waals surface area contributed by atoms with Gasteiger partial charge in [0.1, 0.15) is 5.01 Å². The fraction of sp³-hybridized carbons (Fsp3) is 0.286. The van der Waals surface area contributed by atoms with Crippen LogP contribution in [-0.4, -0.2) is 9.97 Å². The Balaban J connectivity index is 1.73. The average Bonchev–Trinajstić information content (AvgIpc) is 3.01. The van der Waals surface area contributed by atoms with Crippen LogP contribution in [0.25, 0.3) is 10.2 Å². The van der Waals surface area contributed by atoms with Crippen LogP contribution in [0.1, 0.15) is 28.5 Å². The van der Waals surface area contributed by atoms with Crippen molar-refractivity contribution in [1.82, 2.24) is 15.3 Å².